The van der Waals surface area contributed by atoms with Gasteiger partial charge in [-0.2, -0.15) is 0 Å². The molecular formula is C11H13NO5S. The molecule has 0 unspecified atom stereocenters. The maximum atomic E-state index is 11.5. The largest absolute Gasteiger partial charge is 0.481 e. The van der Waals surface area contributed by atoms with Crippen LogP contribution in [0, 0.1) is 0 Å². The van der Waals surface area contributed by atoms with E-state index in [1.54, 1.807) is 0 Å². The molecule has 1 heterocycles. The summed E-state index contributed by atoms with van der Waals surface area (Å²) in [6.45, 7) is 0. The van der Waals surface area contributed by atoms with E-state index in [9.17, 15) is 14.4 Å². The highest BCUT2D eigenvalue weighted by atomic mass is 32.1. The summed E-state index contributed by atoms with van der Waals surface area (Å²) in [4.78, 5) is 33.6. The number of rotatable bonds is 7. The van der Waals surface area contributed by atoms with Crippen molar-refractivity contribution in [2.75, 3.05) is 0 Å². The van der Waals surface area contributed by atoms with Crippen LogP contribution in [0.2, 0.25) is 0 Å². The predicted octanol–water partition coefficient (Wildman–Crippen LogP) is 0.725. The molecule has 0 fully saturated rings. The number of aryl methyl sites for hydroxylation is 1. The minimum Gasteiger partial charge on any atom is -0.481 e. The first kappa shape index (κ1) is 14.2. The molecule has 1 rings (SSSR count). The molecule has 98 valence electrons. The van der Waals surface area contributed by atoms with Crippen molar-refractivity contribution < 1.29 is 24.6 Å². The van der Waals surface area contributed by atoms with Crippen LogP contribution in [-0.2, 0) is 20.8 Å². The van der Waals surface area contributed by atoms with E-state index in [2.05, 4.69) is 5.32 Å². The van der Waals surface area contributed by atoms with E-state index >= 15 is 0 Å². The van der Waals surface area contributed by atoms with Gasteiger partial charge < -0.3 is 15.5 Å². The molecule has 1 aromatic heterocycles. The van der Waals surface area contributed by atoms with Crippen molar-refractivity contribution in [3.8, 4) is 0 Å². The summed E-state index contributed by atoms with van der Waals surface area (Å²) in [5.74, 6) is -3.07. The van der Waals surface area contributed by atoms with Gasteiger partial charge in [-0.05, 0) is 17.9 Å². The fraction of sp³-hybridized carbons (Fsp3) is 0.364. The van der Waals surface area contributed by atoms with Crippen LogP contribution in [-0.4, -0.2) is 34.1 Å². The molecule has 1 atom stereocenters. The van der Waals surface area contributed by atoms with Crippen molar-refractivity contribution in [1.82, 2.24) is 5.32 Å². The zero-order chi connectivity index (χ0) is 13.5. The number of carbonyl (C=O) groups excluding carboxylic acids is 1. The smallest absolute Gasteiger partial charge is 0.326 e. The summed E-state index contributed by atoms with van der Waals surface area (Å²) in [5, 5.41) is 21.3. The highest BCUT2D eigenvalue weighted by Gasteiger charge is 2.22. The van der Waals surface area contributed by atoms with Gasteiger partial charge in [0, 0.05) is 11.3 Å². The Labute approximate surface area is 107 Å². The third-order valence-corrected chi connectivity index (χ3v) is 3.13. The van der Waals surface area contributed by atoms with Crippen LogP contribution < -0.4 is 5.32 Å². The quantitative estimate of drug-likeness (QED) is 0.678. The number of carboxylic acid groups (broad SMARTS) is 2. The number of carbonyl (C=O) groups is 3. The van der Waals surface area contributed by atoms with Gasteiger partial charge in [0.2, 0.25) is 5.91 Å². The zero-order valence-corrected chi connectivity index (χ0v) is 10.3. The number of amides is 1. The van der Waals surface area contributed by atoms with Crippen LogP contribution >= 0.6 is 11.3 Å². The van der Waals surface area contributed by atoms with Gasteiger partial charge in [0.05, 0.1) is 6.42 Å². The van der Waals surface area contributed by atoms with Gasteiger partial charge in [0.1, 0.15) is 6.04 Å². The van der Waals surface area contributed by atoms with E-state index in [-0.39, 0.29) is 6.42 Å². The van der Waals surface area contributed by atoms with Gasteiger partial charge in [-0.15, -0.1) is 11.3 Å². The Bertz CT molecular complexity index is 429. The molecule has 6 nitrogen and oxygen atoms in total. The summed E-state index contributed by atoms with van der Waals surface area (Å²) in [6.07, 6.45) is 0.0346. The van der Waals surface area contributed by atoms with Crippen LogP contribution in [0.15, 0.2) is 17.5 Å². The third-order valence-electron chi connectivity index (χ3n) is 2.19. The number of nitrogens with one attached hydrogen (secondary N) is 1. The normalized spacial score (nSPS) is 11.8. The molecule has 7 heteroatoms. The van der Waals surface area contributed by atoms with Crippen molar-refractivity contribution in [2.45, 2.75) is 25.3 Å². The first-order valence-corrected chi connectivity index (χ1v) is 6.13. The van der Waals surface area contributed by atoms with E-state index in [4.69, 9.17) is 10.2 Å². The lowest BCUT2D eigenvalue weighted by Gasteiger charge is -2.11. The summed E-state index contributed by atoms with van der Waals surface area (Å²) < 4.78 is 0. The Hall–Kier alpha value is -1.89. The van der Waals surface area contributed by atoms with Crippen LogP contribution in [0.5, 0.6) is 0 Å². The Morgan fingerprint density at radius 2 is 2.06 bits per heavy atom. The minimum atomic E-state index is -1.38. The van der Waals surface area contributed by atoms with E-state index in [1.807, 2.05) is 17.5 Å². The summed E-state index contributed by atoms with van der Waals surface area (Å²) >= 11 is 1.51. The summed E-state index contributed by atoms with van der Waals surface area (Å²) in [5.41, 5.74) is 0. The number of thiophene rings is 1. The molecule has 0 saturated carbocycles. The SMILES string of the molecule is O=C(O)C[C@H](NC(=O)CCc1cccs1)C(=O)O. The Morgan fingerprint density at radius 1 is 1.33 bits per heavy atom. The Morgan fingerprint density at radius 3 is 2.56 bits per heavy atom. The molecule has 0 spiro atoms. The zero-order valence-electron chi connectivity index (χ0n) is 9.46. The van der Waals surface area contributed by atoms with Gasteiger partial charge in [-0.3, -0.25) is 9.59 Å². The van der Waals surface area contributed by atoms with Gasteiger partial charge in [0.25, 0.3) is 0 Å². The van der Waals surface area contributed by atoms with Gasteiger partial charge in [-0.1, -0.05) is 6.07 Å². The summed E-state index contributed by atoms with van der Waals surface area (Å²) in [6, 6.07) is 2.37. The van der Waals surface area contributed by atoms with Crippen LogP contribution in [0.25, 0.3) is 0 Å². The number of hydrogen-bond donors (Lipinski definition) is 3. The predicted molar refractivity (Wildman–Crippen MR) is 64.5 cm³/mol. The molecule has 1 aromatic rings. The van der Waals surface area contributed by atoms with Gasteiger partial charge in [0.15, 0.2) is 0 Å². The first-order chi connectivity index (χ1) is 8.49. The van der Waals surface area contributed by atoms with Gasteiger partial charge in [-0.25, -0.2) is 4.79 Å². The molecule has 0 bridgehead atoms. The van der Waals surface area contributed by atoms with Crippen molar-refractivity contribution in [2.24, 2.45) is 0 Å². The lowest BCUT2D eigenvalue weighted by molar-refractivity contribution is -0.147. The highest BCUT2D eigenvalue weighted by molar-refractivity contribution is 7.09. The van der Waals surface area contributed by atoms with Crippen LogP contribution in [0.3, 0.4) is 0 Å². The van der Waals surface area contributed by atoms with E-state index < -0.39 is 30.3 Å². The van der Waals surface area contributed by atoms with Crippen LogP contribution in [0.1, 0.15) is 17.7 Å². The Kier molecular flexibility index (Phi) is 5.31. The van der Waals surface area contributed by atoms with Gasteiger partial charge >= 0.3 is 11.9 Å². The highest BCUT2D eigenvalue weighted by Crippen LogP contribution is 2.10. The number of carboxylic acids is 2. The van der Waals surface area contributed by atoms with Crippen molar-refractivity contribution in [3.05, 3.63) is 22.4 Å². The summed E-state index contributed by atoms with van der Waals surface area (Å²) in [7, 11) is 0. The fourth-order valence-electron chi connectivity index (χ4n) is 1.33. The lowest BCUT2D eigenvalue weighted by Crippen LogP contribution is -2.42. The lowest BCUT2D eigenvalue weighted by atomic mass is 10.2. The molecule has 0 aliphatic carbocycles. The maximum Gasteiger partial charge on any atom is 0.326 e. The second-order valence-corrected chi connectivity index (χ2v) is 4.67. The average molecular weight is 271 g/mol. The molecule has 18 heavy (non-hydrogen) atoms. The monoisotopic (exact) mass is 271 g/mol. The molecule has 0 radical (unpaired) electrons. The standard InChI is InChI=1S/C11H13NO5S/c13-9(4-3-7-2-1-5-18-7)12-8(11(16)17)6-10(14)15/h1-2,5,8H,3-4,6H2,(H,12,13)(H,14,15)(H,16,17)/t8-/m0/s1. The molecule has 0 aliphatic heterocycles. The van der Waals surface area contributed by atoms with E-state index in [0.717, 1.165) is 4.88 Å². The van der Waals surface area contributed by atoms with Crippen LogP contribution in [0.4, 0.5) is 0 Å². The molecule has 0 aromatic carbocycles. The minimum absolute atomic E-state index is 0.143. The Balaban J connectivity index is 2.41. The number of hydrogen-bond acceptors (Lipinski definition) is 4. The molecule has 0 saturated heterocycles. The van der Waals surface area contributed by atoms with Crippen molar-refractivity contribution >= 4 is 29.2 Å². The second kappa shape index (κ2) is 6.75. The van der Waals surface area contributed by atoms with Crippen molar-refractivity contribution in [3.63, 3.8) is 0 Å². The molecular weight excluding hydrogens is 258 g/mol. The maximum absolute atomic E-state index is 11.5. The first-order valence-electron chi connectivity index (χ1n) is 5.25. The second-order valence-electron chi connectivity index (χ2n) is 3.64. The topological polar surface area (TPSA) is 104 Å². The number of aliphatic carboxylic acids is 2. The average Bonchev–Trinajstić information content (AvgIpc) is 2.77. The third kappa shape index (κ3) is 4.96. The fourth-order valence-corrected chi connectivity index (χ4v) is 2.04. The van der Waals surface area contributed by atoms with E-state index in [0.29, 0.717) is 6.42 Å². The van der Waals surface area contributed by atoms with E-state index in [1.165, 1.54) is 11.3 Å². The van der Waals surface area contributed by atoms with Crippen molar-refractivity contribution in [1.29, 1.82) is 0 Å². The molecule has 3 N–H and O–H groups in total. The molecule has 0 aliphatic rings. The molecule has 1 amide bonds.